The Labute approximate surface area is 143 Å². The molecule has 0 atom stereocenters. The van der Waals surface area contributed by atoms with E-state index in [-0.39, 0.29) is 17.3 Å². The van der Waals surface area contributed by atoms with Gasteiger partial charge in [0.05, 0.1) is 11.4 Å². The lowest BCUT2D eigenvalue weighted by Crippen LogP contribution is -2.21. The minimum atomic E-state index is -3.37. The first-order valence-electron chi connectivity index (χ1n) is 7.33. The molecule has 1 fully saturated rings. The van der Waals surface area contributed by atoms with E-state index in [1.807, 2.05) is 0 Å². The van der Waals surface area contributed by atoms with E-state index in [9.17, 15) is 17.6 Å². The van der Waals surface area contributed by atoms with Crippen LogP contribution in [-0.2, 0) is 14.6 Å². The lowest BCUT2D eigenvalue weighted by molar-refractivity contribution is 0.259. The molecule has 25 heavy (non-hydrogen) atoms. The predicted molar refractivity (Wildman–Crippen MR) is 90.8 cm³/mol. The molecule has 0 spiro atoms. The molecule has 1 aromatic carbocycles. The third-order valence-electron chi connectivity index (χ3n) is 4.11. The molecular formula is C15H16FN5O3S. The number of carbonyl (C=O) groups excluding carboxylic acids is 1. The Hall–Kier alpha value is -2.75. The quantitative estimate of drug-likeness (QED) is 0.747. The molecule has 0 saturated heterocycles. The summed E-state index contributed by atoms with van der Waals surface area (Å²) in [7, 11) is -3.37. The lowest BCUT2D eigenvalue weighted by Gasteiger charge is -2.14. The number of anilines is 2. The first-order chi connectivity index (χ1) is 11.6. The van der Waals surface area contributed by atoms with E-state index in [1.165, 1.54) is 18.2 Å². The minimum Gasteiger partial charge on any atom is -0.384 e. The molecule has 1 aliphatic carbocycles. The van der Waals surface area contributed by atoms with Gasteiger partial charge in [-0.3, -0.25) is 0 Å². The fourth-order valence-electron chi connectivity index (χ4n) is 2.65. The molecule has 1 saturated carbocycles. The van der Waals surface area contributed by atoms with Crippen LogP contribution in [0.25, 0.3) is 11.4 Å². The van der Waals surface area contributed by atoms with Gasteiger partial charge in [-0.05, 0) is 31.0 Å². The highest BCUT2D eigenvalue weighted by Gasteiger charge is 2.55. The van der Waals surface area contributed by atoms with Gasteiger partial charge in [0.2, 0.25) is 0 Å². The van der Waals surface area contributed by atoms with Gasteiger partial charge in [0.1, 0.15) is 16.4 Å². The van der Waals surface area contributed by atoms with Gasteiger partial charge in [-0.1, -0.05) is 0 Å². The van der Waals surface area contributed by atoms with Crippen molar-refractivity contribution in [2.75, 3.05) is 17.3 Å². The molecule has 132 valence electrons. The maximum absolute atomic E-state index is 14.1. The molecule has 1 aromatic heterocycles. The Bertz CT molecular complexity index is 973. The summed E-state index contributed by atoms with van der Waals surface area (Å²) >= 11 is 0. The van der Waals surface area contributed by atoms with Crippen LogP contribution in [0.15, 0.2) is 24.3 Å². The van der Waals surface area contributed by atoms with Crippen LogP contribution >= 0.6 is 0 Å². The average Bonchev–Trinajstić information content (AvgIpc) is 3.29. The summed E-state index contributed by atoms with van der Waals surface area (Å²) in [5.41, 5.74) is 11.3. The van der Waals surface area contributed by atoms with E-state index < -0.39 is 26.4 Å². The van der Waals surface area contributed by atoms with E-state index in [2.05, 4.69) is 15.3 Å². The smallest absolute Gasteiger partial charge is 0.316 e. The summed E-state index contributed by atoms with van der Waals surface area (Å²) < 4.78 is 37.2. The molecule has 0 unspecified atom stereocenters. The second-order valence-corrected chi connectivity index (χ2v) is 8.28. The van der Waals surface area contributed by atoms with E-state index in [1.54, 1.807) is 0 Å². The molecule has 3 rings (SSSR count). The van der Waals surface area contributed by atoms with Crippen molar-refractivity contribution in [1.82, 2.24) is 9.97 Å². The molecule has 2 aromatic rings. The van der Waals surface area contributed by atoms with Crippen LogP contribution in [0.2, 0.25) is 0 Å². The second kappa shape index (κ2) is 5.66. The number of primary amides is 1. The zero-order chi connectivity index (χ0) is 18.4. The number of nitrogens with two attached hydrogens (primary N) is 2. The number of nitrogens with one attached hydrogen (secondary N) is 1. The zero-order valence-electron chi connectivity index (χ0n) is 13.3. The number of aromatic nitrogens is 2. The van der Waals surface area contributed by atoms with Crippen molar-refractivity contribution in [1.29, 1.82) is 0 Å². The number of sulfone groups is 1. The zero-order valence-corrected chi connectivity index (χ0v) is 14.1. The predicted octanol–water partition coefficient (Wildman–Crippen LogP) is 1.39. The fraction of sp³-hybridized carbons (Fsp3) is 0.267. The normalized spacial score (nSPS) is 15.6. The van der Waals surface area contributed by atoms with Crippen molar-refractivity contribution in [3.63, 3.8) is 0 Å². The molecule has 2 amide bonds. The number of nitrogens with zero attached hydrogens (tertiary/aromatic N) is 2. The number of rotatable bonds is 4. The highest BCUT2D eigenvalue weighted by atomic mass is 32.2. The molecule has 0 aliphatic heterocycles. The molecule has 10 heteroatoms. The van der Waals surface area contributed by atoms with E-state index in [0.717, 1.165) is 12.3 Å². The molecule has 5 N–H and O–H groups in total. The van der Waals surface area contributed by atoms with Crippen LogP contribution < -0.4 is 16.8 Å². The Morgan fingerprint density at radius 1 is 1.28 bits per heavy atom. The monoisotopic (exact) mass is 365 g/mol. The summed E-state index contributed by atoms with van der Waals surface area (Å²) in [6.07, 6.45) is 2.07. The number of halogens is 1. The fourth-order valence-corrected chi connectivity index (χ4v) is 3.98. The number of carbonyl (C=O) groups is 1. The van der Waals surface area contributed by atoms with Crippen LogP contribution in [0.3, 0.4) is 0 Å². The van der Waals surface area contributed by atoms with Gasteiger partial charge >= 0.3 is 6.03 Å². The maximum atomic E-state index is 14.1. The third-order valence-corrected chi connectivity index (χ3v) is 6.15. The first-order valence-corrected chi connectivity index (χ1v) is 9.22. The van der Waals surface area contributed by atoms with Crippen molar-refractivity contribution < 1.29 is 17.6 Å². The number of nitrogen functional groups attached to an aromatic ring is 1. The van der Waals surface area contributed by atoms with Crippen molar-refractivity contribution in [3.05, 3.63) is 35.8 Å². The lowest BCUT2D eigenvalue weighted by atomic mass is 10.1. The van der Waals surface area contributed by atoms with E-state index in [4.69, 9.17) is 11.5 Å². The molecule has 8 nitrogen and oxygen atoms in total. The topological polar surface area (TPSA) is 141 Å². The van der Waals surface area contributed by atoms with Crippen molar-refractivity contribution >= 4 is 27.4 Å². The van der Waals surface area contributed by atoms with Crippen LogP contribution in [0.5, 0.6) is 0 Å². The Morgan fingerprint density at radius 3 is 2.48 bits per heavy atom. The first kappa shape index (κ1) is 17.1. The Kier molecular flexibility index (Phi) is 3.87. The standard InChI is InChI=1S/C15H16FN5O3S/c1-25(23,24)15(4-5-15)11-7-12(17)21-13(20-11)8-2-3-10(9(16)6-8)19-14(18)22/h2-3,6-7H,4-5H2,1H3,(H2,17,20,21)(H3,18,19,22). The second-order valence-electron chi connectivity index (χ2n) is 5.95. The van der Waals surface area contributed by atoms with Gasteiger partial charge in [0.25, 0.3) is 0 Å². The van der Waals surface area contributed by atoms with Crippen LogP contribution in [0.4, 0.5) is 20.7 Å². The molecule has 0 radical (unpaired) electrons. The largest absolute Gasteiger partial charge is 0.384 e. The molecular weight excluding hydrogens is 349 g/mol. The number of benzene rings is 1. The maximum Gasteiger partial charge on any atom is 0.316 e. The van der Waals surface area contributed by atoms with Gasteiger partial charge in [0, 0.05) is 17.9 Å². The number of hydrogen-bond donors (Lipinski definition) is 3. The van der Waals surface area contributed by atoms with Gasteiger partial charge in [-0.2, -0.15) is 0 Å². The Balaban J connectivity index is 2.05. The summed E-state index contributed by atoms with van der Waals surface area (Å²) in [6.45, 7) is 0. The van der Waals surface area contributed by atoms with E-state index in [0.29, 0.717) is 24.1 Å². The van der Waals surface area contributed by atoms with Gasteiger partial charge < -0.3 is 16.8 Å². The van der Waals surface area contributed by atoms with Crippen LogP contribution in [-0.4, -0.2) is 30.7 Å². The van der Waals surface area contributed by atoms with Crippen molar-refractivity contribution in [2.24, 2.45) is 5.73 Å². The summed E-state index contributed by atoms with van der Waals surface area (Å²) in [5.74, 6) is -0.530. The van der Waals surface area contributed by atoms with Crippen molar-refractivity contribution in [2.45, 2.75) is 17.6 Å². The van der Waals surface area contributed by atoms with Gasteiger partial charge in [-0.25, -0.2) is 27.6 Å². The Morgan fingerprint density at radius 2 is 1.96 bits per heavy atom. The molecule has 1 aliphatic rings. The summed E-state index contributed by atoms with van der Waals surface area (Å²) in [5, 5.41) is 2.15. The van der Waals surface area contributed by atoms with Crippen LogP contribution in [0, 0.1) is 5.82 Å². The van der Waals surface area contributed by atoms with Crippen LogP contribution in [0.1, 0.15) is 18.5 Å². The van der Waals surface area contributed by atoms with Gasteiger partial charge in [0.15, 0.2) is 15.7 Å². The van der Waals surface area contributed by atoms with E-state index >= 15 is 0 Å². The highest BCUT2D eigenvalue weighted by Crippen LogP contribution is 2.52. The average molecular weight is 365 g/mol. The minimum absolute atomic E-state index is 0.0878. The highest BCUT2D eigenvalue weighted by molar-refractivity contribution is 7.91. The summed E-state index contributed by atoms with van der Waals surface area (Å²) in [4.78, 5) is 19.2. The SMILES string of the molecule is CS(=O)(=O)C1(c2cc(N)nc(-c3ccc(NC(N)=O)c(F)c3)n2)CC1. The van der Waals surface area contributed by atoms with Gasteiger partial charge in [-0.15, -0.1) is 0 Å². The summed E-state index contributed by atoms with van der Waals surface area (Å²) in [6, 6.07) is 4.44. The third kappa shape index (κ3) is 3.12. The van der Waals surface area contributed by atoms with Crippen molar-refractivity contribution in [3.8, 4) is 11.4 Å². The number of amides is 2. The molecule has 1 heterocycles. The number of hydrogen-bond acceptors (Lipinski definition) is 6. The number of urea groups is 1. The molecule has 0 bridgehead atoms.